The average molecular weight is 253 g/mol. The molecule has 0 radical (unpaired) electrons. The molecule has 17 heavy (non-hydrogen) atoms. The Labute approximate surface area is 107 Å². The SMILES string of the molecule is CCNC(=O)CSc1ccc([C@@H](O)CC)cc1. The molecule has 1 aromatic carbocycles. The van der Waals surface area contributed by atoms with Crippen LogP contribution in [0.5, 0.6) is 0 Å². The van der Waals surface area contributed by atoms with Gasteiger partial charge in [0, 0.05) is 11.4 Å². The van der Waals surface area contributed by atoms with Crippen LogP contribution < -0.4 is 5.32 Å². The number of carbonyl (C=O) groups is 1. The molecular weight excluding hydrogens is 234 g/mol. The molecule has 0 fully saturated rings. The van der Waals surface area contributed by atoms with Crippen molar-refractivity contribution in [3.05, 3.63) is 29.8 Å². The lowest BCUT2D eigenvalue weighted by atomic mass is 10.1. The van der Waals surface area contributed by atoms with Gasteiger partial charge in [-0.15, -0.1) is 11.8 Å². The maximum Gasteiger partial charge on any atom is 0.230 e. The number of hydrogen-bond donors (Lipinski definition) is 2. The number of aliphatic hydroxyl groups is 1. The summed E-state index contributed by atoms with van der Waals surface area (Å²) < 4.78 is 0. The fourth-order valence-electron chi connectivity index (χ4n) is 1.42. The van der Waals surface area contributed by atoms with Gasteiger partial charge in [0.15, 0.2) is 0 Å². The quantitative estimate of drug-likeness (QED) is 0.765. The van der Waals surface area contributed by atoms with Crippen LogP contribution in [0.25, 0.3) is 0 Å². The fourth-order valence-corrected chi connectivity index (χ4v) is 2.15. The van der Waals surface area contributed by atoms with Gasteiger partial charge >= 0.3 is 0 Å². The van der Waals surface area contributed by atoms with Gasteiger partial charge in [-0.2, -0.15) is 0 Å². The second-order valence-electron chi connectivity index (χ2n) is 3.74. The molecule has 1 amide bonds. The highest BCUT2D eigenvalue weighted by atomic mass is 32.2. The first kappa shape index (κ1) is 14.1. The van der Waals surface area contributed by atoms with Crippen LogP contribution in [0.1, 0.15) is 31.9 Å². The number of thioether (sulfide) groups is 1. The first-order valence-electron chi connectivity index (χ1n) is 5.84. The van der Waals surface area contributed by atoms with Crippen LogP contribution in [0.4, 0.5) is 0 Å². The largest absolute Gasteiger partial charge is 0.388 e. The van der Waals surface area contributed by atoms with Crippen LogP contribution in [0.15, 0.2) is 29.2 Å². The van der Waals surface area contributed by atoms with E-state index in [2.05, 4.69) is 5.32 Å². The molecule has 94 valence electrons. The summed E-state index contributed by atoms with van der Waals surface area (Å²) in [6.07, 6.45) is 0.322. The molecule has 0 aliphatic heterocycles. The van der Waals surface area contributed by atoms with E-state index in [0.717, 1.165) is 10.5 Å². The normalized spacial score (nSPS) is 12.2. The van der Waals surface area contributed by atoms with Gasteiger partial charge in [-0.3, -0.25) is 4.79 Å². The molecule has 4 heteroatoms. The monoisotopic (exact) mass is 253 g/mol. The Kier molecular flexibility index (Phi) is 6.08. The first-order chi connectivity index (χ1) is 8.17. The number of nitrogens with one attached hydrogen (secondary N) is 1. The minimum Gasteiger partial charge on any atom is -0.388 e. The van der Waals surface area contributed by atoms with E-state index in [1.807, 2.05) is 38.1 Å². The third-order valence-corrected chi connectivity index (χ3v) is 3.41. The maximum absolute atomic E-state index is 11.3. The van der Waals surface area contributed by atoms with E-state index in [-0.39, 0.29) is 5.91 Å². The van der Waals surface area contributed by atoms with Crippen LogP contribution in [-0.4, -0.2) is 23.3 Å². The molecule has 1 aromatic rings. The lowest BCUT2D eigenvalue weighted by molar-refractivity contribution is -0.118. The Hall–Kier alpha value is -1.00. The zero-order valence-electron chi connectivity index (χ0n) is 10.3. The third-order valence-electron chi connectivity index (χ3n) is 2.40. The highest BCUT2D eigenvalue weighted by Gasteiger charge is 2.05. The molecule has 0 bridgehead atoms. The summed E-state index contributed by atoms with van der Waals surface area (Å²) in [5.41, 5.74) is 0.926. The Balaban J connectivity index is 2.48. The van der Waals surface area contributed by atoms with Crippen LogP contribution in [-0.2, 0) is 4.79 Å². The van der Waals surface area contributed by atoms with Crippen LogP contribution in [0, 0.1) is 0 Å². The van der Waals surface area contributed by atoms with Crippen molar-refractivity contribution in [2.75, 3.05) is 12.3 Å². The van der Waals surface area contributed by atoms with Crippen molar-refractivity contribution < 1.29 is 9.90 Å². The standard InChI is InChI=1S/C13H19NO2S/c1-3-12(15)10-5-7-11(8-6-10)17-9-13(16)14-4-2/h5-8,12,15H,3-4,9H2,1-2H3,(H,14,16)/t12-/m0/s1. The van der Waals surface area contributed by atoms with Crippen LogP contribution in [0.3, 0.4) is 0 Å². The van der Waals surface area contributed by atoms with E-state index in [1.54, 1.807) is 0 Å². The highest BCUT2D eigenvalue weighted by Crippen LogP contribution is 2.22. The second-order valence-corrected chi connectivity index (χ2v) is 4.78. The molecule has 0 aliphatic rings. The van der Waals surface area contributed by atoms with Gasteiger partial charge < -0.3 is 10.4 Å². The van der Waals surface area contributed by atoms with Crippen molar-refractivity contribution >= 4 is 17.7 Å². The summed E-state index contributed by atoms with van der Waals surface area (Å²) in [4.78, 5) is 12.3. The first-order valence-corrected chi connectivity index (χ1v) is 6.83. The van der Waals surface area contributed by atoms with Gasteiger partial charge in [0.05, 0.1) is 11.9 Å². The predicted octanol–water partition coefficient (Wildman–Crippen LogP) is 2.36. The smallest absolute Gasteiger partial charge is 0.230 e. The van der Waals surface area contributed by atoms with E-state index < -0.39 is 6.10 Å². The number of hydrogen-bond acceptors (Lipinski definition) is 3. The minimum atomic E-state index is -0.391. The predicted molar refractivity (Wildman–Crippen MR) is 71.1 cm³/mol. The fraction of sp³-hybridized carbons (Fsp3) is 0.462. The number of amides is 1. The van der Waals surface area contributed by atoms with Crippen molar-refractivity contribution in [1.82, 2.24) is 5.32 Å². The molecule has 2 N–H and O–H groups in total. The van der Waals surface area contributed by atoms with Crippen molar-refractivity contribution in [1.29, 1.82) is 0 Å². The van der Waals surface area contributed by atoms with E-state index in [4.69, 9.17) is 0 Å². The summed E-state index contributed by atoms with van der Waals surface area (Å²) >= 11 is 1.50. The van der Waals surface area contributed by atoms with Crippen LogP contribution >= 0.6 is 11.8 Å². The second kappa shape index (κ2) is 7.35. The van der Waals surface area contributed by atoms with E-state index >= 15 is 0 Å². The van der Waals surface area contributed by atoms with Gasteiger partial charge in [-0.25, -0.2) is 0 Å². The topological polar surface area (TPSA) is 49.3 Å². The van der Waals surface area contributed by atoms with E-state index in [1.165, 1.54) is 11.8 Å². The van der Waals surface area contributed by atoms with Crippen molar-refractivity contribution in [2.24, 2.45) is 0 Å². The van der Waals surface area contributed by atoms with E-state index in [0.29, 0.717) is 18.7 Å². The summed E-state index contributed by atoms with van der Waals surface area (Å²) in [5.74, 6) is 0.485. The molecule has 0 saturated carbocycles. The van der Waals surface area contributed by atoms with Gasteiger partial charge in [-0.05, 0) is 31.0 Å². The zero-order chi connectivity index (χ0) is 12.7. The average Bonchev–Trinajstić information content (AvgIpc) is 2.36. The molecule has 0 unspecified atom stereocenters. The molecule has 0 aliphatic carbocycles. The number of benzene rings is 1. The number of rotatable bonds is 6. The lowest BCUT2D eigenvalue weighted by Gasteiger charge is -2.08. The van der Waals surface area contributed by atoms with Gasteiger partial charge in [0.25, 0.3) is 0 Å². The van der Waals surface area contributed by atoms with Crippen molar-refractivity contribution in [3.63, 3.8) is 0 Å². The van der Waals surface area contributed by atoms with Crippen molar-refractivity contribution in [2.45, 2.75) is 31.3 Å². The molecule has 0 aromatic heterocycles. The molecule has 0 saturated heterocycles. The number of aliphatic hydroxyl groups excluding tert-OH is 1. The molecule has 1 atom stereocenters. The Morgan fingerprint density at radius 2 is 2.00 bits per heavy atom. The Bertz CT molecular complexity index is 351. The van der Waals surface area contributed by atoms with Crippen molar-refractivity contribution in [3.8, 4) is 0 Å². The minimum absolute atomic E-state index is 0.0511. The summed E-state index contributed by atoms with van der Waals surface area (Å²) in [6, 6.07) is 7.71. The highest BCUT2D eigenvalue weighted by molar-refractivity contribution is 8.00. The number of carbonyl (C=O) groups excluding carboxylic acids is 1. The summed E-state index contributed by atoms with van der Waals surface area (Å²) in [5, 5.41) is 12.4. The molecule has 1 rings (SSSR count). The summed E-state index contributed by atoms with van der Waals surface area (Å²) in [6.45, 7) is 4.52. The van der Waals surface area contributed by atoms with Gasteiger partial charge in [0.1, 0.15) is 0 Å². The Morgan fingerprint density at radius 1 is 1.35 bits per heavy atom. The molecule has 0 heterocycles. The van der Waals surface area contributed by atoms with Gasteiger partial charge in [0.2, 0.25) is 5.91 Å². The molecular formula is C13H19NO2S. The zero-order valence-corrected chi connectivity index (χ0v) is 11.1. The van der Waals surface area contributed by atoms with E-state index in [9.17, 15) is 9.90 Å². The Morgan fingerprint density at radius 3 is 2.53 bits per heavy atom. The third kappa shape index (κ3) is 4.79. The summed E-state index contributed by atoms with van der Waals surface area (Å²) in [7, 11) is 0. The lowest BCUT2D eigenvalue weighted by Crippen LogP contribution is -2.24. The molecule has 3 nitrogen and oxygen atoms in total. The van der Waals surface area contributed by atoms with Gasteiger partial charge in [-0.1, -0.05) is 19.1 Å². The maximum atomic E-state index is 11.3. The van der Waals surface area contributed by atoms with Crippen LogP contribution in [0.2, 0.25) is 0 Å². The molecule has 0 spiro atoms.